The van der Waals surface area contributed by atoms with E-state index in [1.165, 1.54) is 0 Å². The number of likely N-dealkylation sites (tertiary alicyclic amines) is 1. The number of nitrogens with zero attached hydrogens (tertiary/aromatic N) is 3. The normalized spacial score (nSPS) is 27.1. The van der Waals surface area contributed by atoms with Crippen molar-refractivity contribution in [2.75, 3.05) is 43.2 Å². The fourth-order valence-corrected chi connectivity index (χ4v) is 10.5. The van der Waals surface area contributed by atoms with Crippen LogP contribution in [0.1, 0.15) is 19.3 Å². The van der Waals surface area contributed by atoms with Crippen molar-refractivity contribution in [3.05, 3.63) is 79.9 Å². The number of para-hydroxylation sites is 1. The van der Waals surface area contributed by atoms with E-state index in [1.807, 2.05) is 42.5 Å². The summed E-state index contributed by atoms with van der Waals surface area (Å²) in [6.07, 6.45) is 5.02. The molecule has 3 fully saturated rings. The molecule has 8 nitrogen and oxygen atoms in total. The first-order chi connectivity index (χ1) is 20.8. The van der Waals surface area contributed by atoms with Gasteiger partial charge in [-0.2, -0.15) is 0 Å². The van der Waals surface area contributed by atoms with E-state index in [2.05, 4.69) is 29.1 Å². The molecule has 0 saturated carbocycles. The standard InChI is InChI=1S/C33H38BrN3O5S/c1-4-17-35(22-11-7-6-8-12-22)30(39)26-27-31(40)37(19-9-10-20-38)29(33(27)21-25(34)28(26)43-33)32(41)36(18-5-2)23-13-15-24(42-3)16-14-23/h4-8,11-16,25-29,38H,1-2,9-10,17-21H2,3H3/t25?,26-,27-,28-,29?,33?/m0/s1. The monoisotopic (exact) mass is 667 g/mol. The Morgan fingerprint density at radius 1 is 1.05 bits per heavy atom. The predicted octanol–water partition coefficient (Wildman–Crippen LogP) is 4.67. The smallest absolute Gasteiger partial charge is 0.251 e. The summed E-state index contributed by atoms with van der Waals surface area (Å²) in [4.78, 5) is 48.6. The first-order valence-electron chi connectivity index (χ1n) is 14.6. The average molecular weight is 669 g/mol. The van der Waals surface area contributed by atoms with Crippen LogP contribution in [-0.2, 0) is 14.4 Å². The number of aliphatic hydroxyl groups is 1. The number of carbonyl (C=O) groups excluding carboxylic acids is 3. The molecule has 3 aliphatic rings. The van der Waals surface area contributed by atoms with Crippen LogP contribution in [0.3, 0.4) is 0 Å². The number of hydrogen-bond acceptors (Lipinski definition) is 6. The highest BCUT2D eigenvalue weighted by molar-refractivity contribution is 9.09. The van der Waals surface area contributed by atoms with Crippen LogP contribution in [0.25, 0.3) is 0 Å². The molecule has 0 aromatic heterocycles. The van der Waals surface area contributed by atoms with Crippen LogP contribution in [0.2, 0.25) is 0 Å². The lowest BCUT2D eigenvalue weighted by atomic mass is 9.70. The molecule has 2 aromatic carbocycles. The Hall–Kier alpha value is -3.08. The number of hydrogen-bond donors (Lipinski definition) is 1. The maximum Gasteiger partial charge on any atom is 0.251 e. The molecule has 3 aliphatic heterocycles. The lowest BCUT2D eigenvalue weighted by Crippen LogP contribution is -2.56. The highest BCUT2D eigenvalue weighted by Gasteiger charge is 2.76. The summed E-state index contributed by atoms with van der Waals surface area (Å²) in [5.41, 5.74) is 1.42. The zero-order valence-corrected chi connectivity index (χ0v) is 26.7. The number of alkyl halides is 1. The second-order valence-electron chi connectivity index (χ2n) is 11.1. The molecule has 3 unspecified atom stereocenters. The van der Waals surface area contributed by atoms with Crippen molar-refractivity contribution in [2.24, 2.45) is 11.8 Å². The van der Waals surface area contributed by atoms with E-state index in [1.54, 1.807) is 57.9 Å². The number of thioether (sulfide) groups is 1. The van der Waals surface area contributed by atoms with Gasteiger partial charge in [0.25, 0.3) is 5.91 Å². The first kappa shape index (κ1) is 31.3. The summed E-state index contributed by atoms with van der Waals surface area (Å²) >= 11 is 5.48. The van der Waals surface area contributed by atoms with Gasteiger partial charge in [0.1, 0.15) is 11.8 Å². The third kappa shape index (κ3) is 5.53. The Morgan fingerprint density at radius 2 is 1.67 bits per heavy atom. The van der Waals surface area contributed by atoms with E-state index in [-0.39, 0.29) is 41.0 Å². The van der Waals surface area contributed by atoms with Gasteiger partial charge in [0.15, 0.2) is 0 Å². The van der Waals surface area contributed by atoms with Crippen LogP contribution in [0.5, 0.6) is 5.75 Å². The number of rotatable bonds is 13. The van der Waals surface area contributed by atoms with Gasteiger partial charge < -0.3 is 24.5 Å². The summed E-state index contributed by atoms with van der Waals surface area (Å²) in [5.74, 6) is -1.08. The summed E-state index contributed by atoms with van der Waals surface area (Å²) in [7, 11) is 1.59. The highest BCUT2D eigenvalue weighted by atomic mass is 79.9. The van der Waals surface area contributed by atoms with E-state index in [4.69, 9.17) is 4.74 Å². The summed E-state index contributed by atoms with van der Waals surface area (Å²) in [6.45, 7) is 8.66. The highest BCUT2D eigenvalue weighted by Crippen LogP contribution is 2.68. The number of methoxy groups -OCH3 is 1. The van der Waals surface area contributed by atoms with Crippen molar-refractivity contribution in [3.8, 4) is 5.75 Å². The lowest BCUT2D eigenvalue weighted by molar-refractivity contribution is -0.139. The van der Waals surface area contributed by atoms with Gasteiger partial charge in [-0.05, 0) is 55.7 Å². The third-order valence-electron chi connectivity index (χ3n) is 8.72. The second-order valence-corrected chi connectivity index (χ2v) is 13.9. The molecule has 228 valence electrons. The van der Waals surface area contributed by atoms with Gasteiger partial charge in [0, 0.05) is 47.7 Å². The minimum atomic E-state index is -0.783. The molecule has 0 radical (unpaired) electrons. The van der Waals surface area contributed by atoms with Gasteiger partial charge in [-0.3, -0.25) is 14.4 Å². The molecule has 1 N–H and O–H groups in total. The van der Waals surface area contributed by atoms with Gasteiger partial charge in [-0.1, -0.05) is 46.3 Å². The Morgan fingerprint density at radius 3 is 2.28 bits per heavy atom. The number of benzene rings is 2. The number of halogens is 1. The first-order valence-corrected chi connectivity index (χ1v) is 16.4. The van der Waals surface area contributed by atoms with Crippen LogP contribution in [0, 0.1) is 11.8 Å². The summed E-state index contributed by atoms with van der Waals surface area (Å²) in [6, 6.07) is 15.9. The SMILES string of the molecule is C=CCN(C(=O)C1N(CCCCO)C(=O)[C@@H]2[C@H](C(=O)N(CC=C)c3ccccc3)[C@H]3SC12CC3Br)c1ccc(OC)cc1. The maximum atomic E-state index is 14.7. The van der Waals surface area contributed by atoms with Crippen molar-refractivity contribution in [1.29, 1.82) is 0 Å². The quantitative estimate of drug-likeness (QED) is 0.190. The van der Waals surface area contributed by atoms with Crippen molar-refractivity contribution in [1.82, 2.24) is 4.90 Å². The lowest BCUT2D eigenvalue weighted by Gasteiger charge is -2.38. The molecule has 3 amide bonds. The number of fused-ring (bicyclic) bond motifs is 1. The van der Waals surface area contributed by atoms with Gasteiger partial charge in [0.05, 0.1) is 23.7 Å². The topological polar surface area (TPSA) is 90.4 Å². The molecule has 43 heavy (non-hydrogen) atoms. The molecule has 0 aliphatic carbocycles. The average Bonchev–Trinajstić information content (AvgIpc) is 3.62. The Labute approximate surface area is 265 Å². The summed E-state index contributed by atoms with van der Waals surface area (Å²) in [5, 5.41) is 9.33. The molecule has 3 saturated heterocycles. The van der Waals surface area contributed by atoms with Crippen LogP contribution < -0.4 is 14.5 Å². The zero-order chi connectivity index (χ0) is 30.7. The van der Waals surface area contributed by atoms with E-state index in [0.717, 1.165) is 5.69 Å². The predicted molar refractivity (Wildman–Crippen MR) is 175 cm³/mol. The Bertz CT molecular complexity index is 1360. The van der Waals surface area contributed by atoms with Gasteiger partial charge in [-0.15, -0.1) is 24.9 Å². The van der Waals surface area contributed by atoms with Crippen molar-refractivity contribution >= 4 is 56.8 Å². The molecule has 5 rings (SSSR count). The molecule has 2 aromatic rings. The molecule has 3 heterocycles. The molecular formula is C33H38BrN3O5S. The van der Waals surface area contributed by atoms with Crippen molar-refractivity contribution in [2.45, 2.75) is 40.1 Å². The minimum Gasteiger partial charge on any atom is -0.497 e. The van der Waals surface area contributed by atoms with Crippen molar-refractivity contribution < 1.29 is 24.2 Å². The number of amides is 3. The number of aliphatic hydroxyl groups excluding tert-OH is 1. The number of unbranched alkanes of at least 4 members (excludes halogenated alkanes) is 1. The van der Waals surface area contributed by atoms with Crippen molar-refractivity contribution in [3.63, 3.8) is 0 Å². The van der Waals surface area contributed by atoms with Crippen LogP contribution in [0.15, 0.2) is 79.9 Å². The fraction of sp³-hybridized carbons (Fsp3) is 0.424. The number of carbonyl (C=O) groups is 3. The van der Waals surface area contributed by atoms with Gasteiger partial charge >= 0.3 is 0 Å². The van der Waals surface area contributed by atoms with E-state index in [9.17, 15) is 19.5 Å². The van der Waals surface area contributed by atoms with E-state index >= 15 is 0 Å². The number of ether oxygens (including phenoxy) is 1. The molecule has 1 spiro atoms. The number of anilines is 2. The minimum absolute atomic E-state index is 0.00134. The Balaban J connectivity index is 1.56. The van der Waals surface area contributed by atoms with E-state index in [0.29, 0.717) is 43.8 Å². The van der Waals surface area contributed by atoms with E-state index < -0.39 is 22.6 Å². The Kier molecular flexibility index (Phi) is 9.68. The van der Waals surface area contributed by atoms with Gasteiger partial charge in [-0.25, -0.2) is 0 Å². The van der Waals surface area contributed by atoms with Gasteiger partial charge in [0.2, 0.25) is 11.8 Å². The molecule has 6 atom stereocenters. The molecular weight excluding hydrogens is 630 g/mol. The second kappa shape index (κ2) is 13.3. The zero-order valence-electron chi connectivity index (χ0n) is 24.3. The molecule has 2 bridgehead atoms. The summed E-state index contributed by atoms with van der Waals surface area (Å²) < 4.78 is 4.54. The maximum absolute atomic E-state index is 14.7. The van der Waals surface area contributed by atoms with Crippen LogP contribution >= 0.6 is 27.7 Å². The third-order valence-corrected chi connectivity index (χ3v) is 11.9. The fourth-order valence-electron chi connectivity index (χ4n) is 6.93. The largest absolute Gasteiger partial charge is 0.497 e. The van der Waals surface area contributed by atoms with Crippen LogP contribution in [0.4, 0.5) is 11.4 Å². The van der Waals surface area contributed by atoms with Crippen LogP contribution in [-0.4, -0.2) is 81.9 Å². The molecule has 10 heteroatoms.